The predicted octanol–water partition coefficient (Wildman–Crippen LogP) is 7.80. The molecule has 0 unspecified atom stereocenters. The Morgan fingerprint density at radius 2 is 1.85 bits per heavy atom. The second kappa shape index (κ2) is 14.3. The van der Waals surface area contributed by atoms with E-state index in [1.54, 1.807) is 11.0 Å². The molecule has 2 amide bonds. The van der Waals surface area contributed by atoms with Gasteiger partial charge in [-0.05, 0) is 107 Å². The monoisotopic (exact) mass is 642 g/mol. The van der Waals surface area contributed by atoms with E-state index < -0.39 is 34.6 Å². The summed E-state index contributed by atoms with van der Waals surface area (Å²) in [5, 5.41) is 26.3. The van der Waals surface area contributed by atoms with Crippen LogP contribution in [0.15, 0.2) is 54.1 Å². The van der Waals surface area contributed by atoms with Gasteiger partial charge in [-0.2, -0.15) is 13.2 Å². The number of aliphatic hydroxyl groups excluding tert-OH is 1. The van der Waals surface area contributed by atoms with E-state index in [1.165, 1.54) is 12.1 Å². The highest BCUT2D eigenvalue weighted by Gasteiger charge is 2.57. The van der Waals surface area contributed by atoms with Crippen LogP contribution in [0, 0.1) is 5.41 Å². The van der Waals surface area contributed by atoms with Crippen LogP contribution in [-0.2, 0) is 12.6 Å². The van der Waals surface area contributed by atoms with Crippen LogP contribution in [0.1, 0.15) is 118 Å². The molecule has 46 heavy (non-hydrogen) atoms. The number of carbonyl (C=O) groups excluding carboxylic acids is 2. The number of nitrogens with zero attached hydrogens (tertiary/aromatic N) is 1. The number of halogens is 3. The van der Waals surface area contributed by atoms with Crippen molar-refractivity contribution < 1.29 is 33.0 Å². The van der Waals surface area contributed by atoms with Gasteiger partial charge in [0.2, 0.25) is 0 Å². The van der Waals surface area contributed by atoms with Crippen LogP contribution in [0.3, 0.4) is 0 Å². The zero-order valence-corrected chi connectivity index (χ0v) is 27.7. The summed E-state index contributed by atoms with van der Waals surface area (Å²) in [6.07, 6.45) is 1.29. The van der Waals surface area contributed by atoms with Crippen LogP contribution in [0.5, 0.6) is 0 Å². The van der Waals surface area contributed by atoms with Gasteiger partial charge >= 0.3 is 12.2 Å². The summed E-state index contributed by atoms with van der Waals surface area (Å²) in [7, 11) is 0. The summed E-state index contributed by atoms with van der Waals surface area (Å²) in [6, 6.07) is 9.63. The number of hydrogen-bond donors (Lipinski definition) is 3. The molecule has 0 aromatic heterocycles. The zero-order valence-electron chi connectivity index (χ0n) is 27.7. The molecule has 4 atom stereocenters. The minimum Gasteiger partial charge on any atom is -0.393 e. The van der Waals surface area contributed by atoms with E-state index in [2.05, 4.69) is 11.4 Å². The molecule has 3 aliphatic carbocycles. The van der Waals surface area contributed by atoms with E-state index in [-0.39, 0.29) is 35.7 Å². The number of benzene rings is 2. The number of amides is 2. The van der Waals surface area contributed by atoms with Gasteiger partial charge in [0.15, 0.2) is 5.78 Å². The van der Waals surface area contributed by atoms with Gasteiger partial charge in [-0.25, -0.2) is 4.79 Å². The highest BCUT2D eigenvalue weighted by Crippen LogP contribution is 2.59. The zero-order chi connectivity index (χ0) is 33.9. The first-order valence-corrected chi connectivity index (χ1v) is 16.5. The Labute approximate surface area is 271 Å². The van der Waals surface area contributed by atoms with Gasteiger partial charge in [-0.15, -0.1) is 0 Å². The fourth-order valence-corrected chi connectivity index (χ4v) is 7.37. The van der Waals surface area contributed by atoms with E-state index in [0.717, 1.165) is 23.3 Å². The Hall–Kier alpha value is -3.17. The summed E-state index contributed by atoms with van der Waals surface area (Å²) < 4.78 is 40.9. The lowest BCUT2D eigenvalue weighted by molar-refractivity contribution is -0.137. The number of aliphatic hydroxyl groups is 2. The van der Waals surface area contributed by atoms with Crippen LogP contribution in [0.4, 0.5) is 18.0 Å². The number of rotatable bonds is 7. The van der Waals surface area contributed by atoms with E-state index >= 15 is 0 Å². The second-order valence-corrected chi connectivity index (χ2v) is 13.9. The van der Waals surface area contributed by atoms with Crippen LogP contribution in [0.2, 0.25) is 0 Å². The number of alkyl halides is 3. The molecule has 0 radical (unpaired) electrons. The van der Waals surface area contributed by atoms with Crippen molar-refractivity contribution in [3.05, 3.63) is 81.9 Å². The number of carbonyl (C=O) groups is 2. The Bertz CT molecular complexity index is 1440. The molecule has 0 aliphatic heterocycles. The average Bonchev–Trinajstić information content (AvgIpc) is 3.23. The van der Waals surface area contributed by atoms with Crippen molar-refractivity contribution in [2.75, 3.05) is 13.1 Å². The third kappa shape index (κ3) is 7.85. The van der Waals surface area contributed by atoms with Gasteiger partial charge in [0.25, 0.3) is 0 Å². The van der Waals surface area contributed by atoms with E-state index in [0.29, 0.717) is 63.5 Å². The first-order chi connectivity index (χ1) is 21.6. The SMILES string of the molecule is CCCN(C[C@]1(O)CC[C@H]2c3ccc(cc3C(=O)c3cccc(C(F)(F)F)c3)C[C@@H](O)CCC(C)=CCC[C@@]21C)C(=O)NC(C)C. The summed E-state index contributed by atoms with van der Waals surface area (Å²) in [5.41, 5.74) is -0.195. The van der Waals surface area contributed by atoms with E-state index in [9.17, 15) is 33.0 Å². The Morgan fingerprint density at radius 3 is 2.52 bits per heavy atom. The van der Waals surface area contributed by atoms with Crippen molar-refractivity contribution in [2.24, 2.45) is 5.41 Å². The quantitative estimate of drug-likeness (QED) is 0.212. The molecule has 3 N–H and O–H groups in total. The molecule has 2 aromatic rings. The molecule has 2 aromatic carbocycles. The summed E-state index contributed by atoms with van der Waals surface area (Å²) >= 11 is 0. The number of fused-ring (bicyclic) bond motifs is 8. The van der Waals surface area contributed by atoms with Crippen LogP contribution in [0.25, 0.3) is 0 Å². The average molecular weight is 643 g/mol. The molecule has 0 saturated heterocycles. The smallest absolute Gasteiger partial charge is 0.393 e. The minimum absolute atomic E-state index is 0.0668. The standard InChI is InChI=1S/C37H49F3N2O4/c1-6-19-42(34(45)41-24(2)3)23-36(46)18-16-32-30-15-13-26(20-29(43)14-12-25(4)9-8-17-35(32,36)5)21-31(30)33(44)27-10-7-11-28(22-27)37(38,39)40/h7,9-11,13,15,21-22,24,29,32,43,46H,6,8,12,14,16-20,23H2,1-5H3,(H,41,45)/t29-,32-,35-,36+/m0/s1. The maximum atomic E-state index is 14.1. The molecule has 0 heterocycles. The number of allylic oxidation sites excluding steroid dienone is 2. The van der Waals surface area contributed by atoms with Crippen LogP contribution in [-0.4, -0.2) is 57.8 Å². The van der Waals surface area contributed by atoms with Gasteiger partial charge in [-0.1, -0.05) is 49.8 Å². The predicted molar refractivity (Wildman–Crippen MR) is 174 cm³/mol. The Morgan fingerprint density at radius 1 is 1.11 bits per heavy atom. The number of nitrogens with one attached hydrogen (secondary N) is 1. The van der Waals surface area contributed by atoms with Gasteiger partial charge in [0.05, 0.1) is 23.8 Å². The maximum absolute atomic E-state index is 14.1. The van der Waals surface area contributed by atoms with Crippen molar-refractivity contribution in [3.63, 3.8) is 0 Å². The molecular weight excluding hydrogens is 593 g/mol. The first kappa shape index (κ1) is 35.7. The van der Waals surface area contributed by atoms with Crippen molar-refractivity contribution in [3.8, 4) is 0 Å². The first-order valence-electron chi connectivity index (χ1n) is 16.5. The Kier molecular flexibility index (Phi) is 11.1. The lowest BCUT2D eigenvalue weighted by Gasteiger charge is -2.46. The Balaban J connectivity index is 1.85. The van der Waals surface area contributed by atoms with E-state index in [4.69, 9.17) is 0 Å². The van der Waals surface area contributed by atoms with Crippen LogP contribution >= 0.6 is 0 Å². The molecule has 1 fully saturated rings. The second-order valence-electron chi connectivity index (χ2n) is 13.9. The number of ketones is 1. The van der Waals surface area contributed by atoms with Crippen molar-refractivity contribution >= 4 is 11.8 Å². The molecular formula is C37H49F3N2O4. The van der Waals surface area contributed by atoms with Gasteiger partial charge in [0, 0.05) is 29.1 Å². The van der Waals surface area contributed by atoms with Gasteiger partial charge < -0.3 is 20.4 Å². The molecule has 9 heteroatoms. The fraction of sp³-hybridized carbons (Fsp3) is 0.568. The molecule has 1 saturated carbocycles. The number of urea groups is 1. The van der Waals surface area contributed by atoms with Gasteiger partial charge in [0.1, 0.15) is 0 Å². The summed E-state index contributed by atoms with van der Waals surface area (Å²) in [5.74, 6) is -0.837. The van der Waals surface area contributed by atoms with Crippen molar-refractivity contribution in [1.82, 2.24) is 10.2 Å². The summed E-state index contributed by atoms with van der Waals surface area (Å²) in [6.45, 7) is 10.4. The van der Waals surface area contributed by atoms with Crippen molar-refractivity contribution in [1.29, 1.82) is 0 Å². The lowest BCUT2D eigenvalue weighted by Crippen LogP contribution is -2.56. The molecule has 0 spiro atoms. The summed E-state index contributed by atoms with van der Waals surface area (Å²) in [4.78, 5) is 29.1. The van der Waals surface area contributed by atoms with Crippen molar-refractivity contribution in [2.45, 2.75) is 116 Å². The van der Waals surface area contributed by atoms with E-state index in [1.807, 2.05) is 46.8 Å². The third-order valence-corrected chi connectivity index (χ3v) is 10.0. The minimum atomic E-state index is -4.60. The highest BCUT2D eigenvalue weighted by molar-refractivity contribution is 6.10. The van der Waals surface area contributed by atoms with Crippen LogP contribution < -0.4 is 5.32 Å². The molecule has 6 nitrogen and oxygen atoms in total. The topological polar surface area (TPSA) is 89.9 Å². The van der Waals surface area contributed by atoms with Gasteiger partial charge in [-0.3, -0.25) is 4.79 Å². The third-order valence-electron chi connectivity index (χ3n) is 10.0. The largest absolute Gasteiger partial charge is 0.416 e. The lowest BCUT2D eigenvalue weighted by atomic mass is 9.64. The normalized spacial score (nSPS) is 25.5. The maximum Gasteiger partial charge on any atom is 0.416 e. The molecule has 3 aliphatic rings. The molecule has 5 rings (SSSR count). The molecule has 252 valence electrons. The molecule has 2 bridgehead atoms. The highest BCUT2D eigenvalue weighted by atomic mass is 19.4. The fourth-order valence-electron chi connectivity index (χ4n) is 7.37. The number of hydrogen-bond acceptors (Lipinski definition) is 4.